The lowest BCUT2D eigenvalue weighted by molar-refractivity contribution is 0.0736. The van der Waals surface area contributed by atoms with Crippen molar-refractivity contribution in [1.29, 1.82) is 0 Å². The number of nitrogens with zero attached hydrogens (tertiary/aromatic N) is 3. The Morgan fingerprint density at radius 1 is 1.04 bits per heavy atom. The average Bonchev–Trinajstić information content (AvgIpc) is 2.98. The number of fused-ring (bicyclic) bond motifs is 4. The molecule has 0 N–H and O–H groups in total. The van der Waals surface area contributed by atoms with E-state index in [4.69, 9.17) is 0 Å². The predicted octanol–water partition coefficient (Wildman–Crippen LogP) is 3.98. The molecule has 2 bridgehead atoms. The van der Waals surface area contributed by atoms with Gasteiger partial charge in [-0.3, -0.25) is 9.69 Å². The minimum absolute atomic E-state index is 0.00281. The average molecular weight is 366 g/mol. The van der Waals surface area contributed by atoms with Crippen molar-refractivity contribution in [2.24, 2.45) is 5.92 Å². The molecule has 0 radical (unpaired) electrons. The van der Waals surface area contributed by atoms with Crippen LogP contribution in [0.2, 0.25) is 0 Å². The second kappa shape index (κ2) is 7.16. The van der Waals surface area contributed by atoms with Crippen LogP contribution in [0.3, 0.4) is 0 Å². The lowest BCUT2D eigenvalue weighted by Gasteiger charge is -2.36. The second-order valence-corrected chi connectivity index (χ2v) is 9.20. The predicted molar refractivity (Wildman–Crippen MR) is 109 cm³/mol. The van der Waals surface area contributed by atoms with Crippen LogP contribution < -0.4 is 0 Å². The summed E-state index contributed by atoms with van der Waals surface area (Å²) in [6, 6.07) is 13.2. The molecule has 4 nitrogen and oxygen atoms in total. The van der Waals surface area contributed by atoms with Crippen molar-refractivity contribution in [2.75, 3.05) is 19.6 Å². The van der Waals surface area contributed by atoms with Gasteiger partial charge >= 0.3 is 0 Å². The molecule has 27 heavy (non-hydrogen) atoms. The van der Waals surface area contributed by atoms with Crippen molar-refractivity contribution < 1.29 is 4.79 Å². The first-order valence-electron chi connectivity index (χ1n) is 10.2. The SMILES string of the molecule is CC(C)(C)n1ccc(C(=O)N2C[C@@H]3CC[C@H](C2)N(Cc2ccccc2)C3)c1. The highest BCUT2D eigenvalue weighted by Gasteiger charge is 2.36. The highest BCUT2D eigenvalue weighted by Crippen LogP contribution is 2.30. The first-order valence-corrected chi connectivity index (χ1v) is 10.2. The van der Waals surface area contributed by atoms with Gasteiger partial charge in [0.2, 0.25) is 0 Å². The highest BCUT2D eigenvalue weighted by molar-refractivity contribution is 5.94. The number of hydrogen-bond donors (Lipinski definition) is 0. The molecule has 3 fully saturated rings. The van der Waals surface area contributed by atoms with Crippen LogP contribution in [0, 0.1) is 5.92 Å². The van der Waals surface area contributed by atoms with Crippen molar-refractivity contribution in [2.45, 2.75) is 51.7 Å². The zero-order valence-corrected chi connectivity index (χ0v) is 16.8. The Kier molecular flexibility index (Phi) is 4.85. The third-order valence-corrected chi connectivity index (χ3v) is 6.06. The number of piperidine rings is 1. The molecular formula is C23H31N3O. The molecule has 2 aromatic rings. The van der Waals surface area contributed by atoms with Crippen LogP contribution in [0.1, 0.15) is 49.5 Å². The van der Waals surface area contributed by atoms with E-state index in [-0.39, 0.29) is 11.4 Å². The van der Waals surface area contributed by atoms with Crippen molar-refractivity contribution in [1.82, 2.24) is 14.4 Å². The zero-order valence-electron chi connectivity index (χ0n) is 16.8. The van der Waals surface area contributed by atoms with Crippen LogP contribution in [0.25, 0.3) is 0 Å². The summed E-state index contributed by atoms with van der Waals surface area (Å²) in [6.07, 6.45) is 6.48. The van der Waals surface area contributed by atoms with Crippen LogP contribution in [0.15, 0.2) is 48.8 Å². The summed E-state index contributed by atoms with van der Waals surface area (Å²) in [4.78, 5) is 17.9. The number of benzene rings is 1. The molecule has 3 aliphatic heterocycles. The monoisotopic (exact) mass is 365 g/mol. The normalized spacial score (nSPS) is 23.4. The Balaban J connectivity index is 1.48. The molecule has 3 aliphatic rings. The Morgan fingerprint density at radius 2 is 1.81 bits per heavy atom. The van der Waals surface area contributed by atoms with Gasteiger partial charge < -0.3 is 9.47 Å². The Labute approximate surface area is 162 Å². The fraction of sp³-hybridized carbons (Fsp3) is 0.522. The minimum Gasteiger partial charge on any atom is -0.348 e. The molecule has 0 saturated carbocycles. The van der Waals surface area contributed by atoms with Gasteiger partial charge in [-0.1, -0.05) is 30.3 Å². The maximum Gasteiger partial charge on any atom is 0.255 e. The van der Waals surface area contributed by atoms with Gasteiger partial charge in [0.25, 0.3) is 5.91 Å². The molecule has 3 saturated heterocycles. The van der Waals surface area contributed by atoms with E-state index in [9.17, 15) is 4.79 Å². The quantitative estimate of drug-likeness (QED) is 0.823. The van der Waals surface area contributed by atoms with Gasteiger partial charge in [-0.25, -0.2) is 0 Å². The summed E-state index contributed by atoms with van der Waals surface area (Å²) < 4.78 is 2.13. The highest BCUT2D eigenvalue weighted by atomic mass is 16.2. The van der Waals surface area contributed by atoms with Gasteiger partial charge in [0, 0.05) is 50.2 Å². The van der Waals surface area contributed by atoms with E-state index in [1.807, 2.05) is 18.5 Å². The molecule has 0 aliphatic carbocycles. The van der Waals surface area contributed by atoms with E-state index >= 15 is 0 Å². The smallest absolute Gasteiger partial charge is 0.255 e. The van der Waals surface area contributed by atoms with E-state index in [0.29, 0.717) is 12.0 Å². The molecule has 1 amide bonds. The first-order chi connectivity index (χ1) is 12.9. The molecule has 4 heteroatoms. The zero-order chi connectivity index (χ0) is 19.0. The molecule has 0 unspecified atom stereocenters. The number of rotatable bonds is 3. The lowest BCUT2D eigenvalue weighted by Crippen LogP contribution is -2.43. The summed E-state index contributed by atoms with van der Waals surface area (Å²) in [5, 5.41) is 0. The largest absolute Gasteiger partial charge is 0.348 e. The van der Waals surface area contributed by atoms with Crippen LogP contribution in [-0.2, 0) is 12.1 Å². The van der Waals surface area contributed by atoms with E-state index in [2.05, 4.69) is 65.5 Å². The van der Waals surface area contributed by atoms with Crippen molar-refractivity contribution in [3.63, 3.8) is 0 Å². The fourth-order valence-electron chi connectivity index (χ4n) is 4.48. The fourth-order valence-corrected chi connectivity index (χ4v) is 4.48. The second-order valence-electron chi connectivity index (χ2n) is 9.20. The van der Waals surface area contributed by atoms with Gasteiger partial charge in [-0.05, 0) is 51.2 Å². The first kappa shape index (κ1) is 18.3. The summed E-state index contributed by atoms with van der Waals surface area (Å²) in [7, 11) is 0. The van der Waals surface area contributed by atoms with E-state index in [1.54, 1.807) is 0 Å². The van der Waals surface area contributed by atoms with Crippen LogP contribution >= 0.6 is 0 Å². The van der Waals surface area contributed by atoms with Crippen molar-refractivity contribution >= 4 is 5.91 Å². The summed E-state index contributed by atoms with van der Waals surface area (Å²) >= 11 is 0. The Morgan fingerprint density at radius 3 is 2.52 bits per heavy atom. The summed E-state index contributed by atoms with van der Waals surface area (Å²) in [5.74, 6) is 0.776. The molecule has 1 aromatic heterocycles. The van der Waals surface area contributed by atoms with Crippen molar-refractivity contribution in [3.8, 4) is 0 Å². The van der Waals surface area contributed by atoms with Gasteiger partial charge in [-0.15, -0.1) is 0 Å². The topological polar surface area (TPSA) is 28.5 Å². The van der Waals surface area contributed by atoms with Gasteiger partial charge in [0.15, 0.2) is 0 Å². The number of aromatic nitrogens is 1. The number of carbonyl (C=O) groups excluding carboxylic acids is 1. The van der Waals surface area contributed by atoms with Crippen LogP contribution in [-0.4, -0.2) is 46.0 Å². The standard InChI is InChI=1S/C23H31N3O/c1-23(2,3)26-12-11-20(16-26)22(27)25-15-19-9-10-21(17-25)24(14-19)13-18-7-5-4-6-8-18/h4-8,11-12,16,19,21H,9-10,13-15,17H2,1-3H3/t19-,21-/m1/s1. The Bertz CT molecular complexity index is 789. The third kappa shape index (κ3) is 3.96. The van der Waals surface area contributed by atoms with E-state index < -0.39 is 0 Å². The number of amides is 1. The maximum absolute atomic E-state index is 13.2. The molecular weight excluding hydrogens is 334 g/mol. The molecule has 144 valence electrons. The van der Waals surface area contributed by atoms with E-state index in [1.165, 1.54) is 18.4 Å². The van der Waals surface area contributed by atoms with Crippen molar-refractivity contribution in [3.05, 3.63) is 59.9 Å². The Hall–Kier alpha value is -2.07. The van der Waals surface area contributed by atoms with Gasteiger partial charge in [-0.2, -0.15) is 0 Å². The number of carbonyl (C=O) groups is 1. The van der Waals surface area contributed by atoms with Crippen LogP contribution in [0.4, 0.5) is 0 Å². The number of hydrogen-bond acceptors (Lipinski definition) is 2. The van der Waals surface area contributed by atoms with Gasteiger partial charge in [0.05, 0.1) is 5.56 Å². The molecule has 0 spiro atoms. The molecule has 4 heterocycles. The molecule has 2 atom stereocenters. The van der Waals surface area contributed by atoms with Crippen LogP contribution in [0.5, 0.6) is 0 Å². The summed E-state index contributed by atoms with van der Waals surface area (Å²) in [5.41, 5.74) is 2.19. The molecule has 5 rings (SSSR count). The lowest BCUT2D eigenvalue weighted by atomic mass is 9.94. The van der Waals surface area contributed by atoms with E-state index in [0.717, 1.165) is 31.7 Å². The maximum atomic E-state index is 13.2. The van der Waals surface area contributed by atoms with Gasteiger partial charge in [0.1, 0.15) is 0 Å². The summed E-state index contributed by atoms with van der Waals surface area (Å²) in [6.45, 7) is 10.3. The minimum atomic E-state index is 0.00281. The third-order valence-electron chi connectivity index (χ3n) is 6.06. The molecule has 1 aromatic carbocycles.